The summed E-state index contributed by atoms with van der Waals surface area (Å²) in [6, 6.07) is 8.90. The predicted molar refractivity (Wildman–Crippen MR) is 83.9 cm³/mol. The summed E-state index contributed by atoms with van der Waals surface area (Å²) in [7, 11) is -0.608. The predicted octanol–water partition coefficient (Wildman–Crippen LogP) is 1.17. The molecule has 1 aromatic heterocycles. The summed E-state index contributed by atoms with van der Waals surface area (Å²) < 4.78 is 25.0. The van der Waals surface area contributed by atoms with Crippen molar-refractivity contribution in [3.8, 4) is 0 Å². The summed E-state index contributed by atoms with van der Waals surface area (Å²) >= 11 is 0. The normalized spacial score (nSPS) is 11.4. The van der Waals surface area contributed by atoms with Crippen LogP contribution in [0.2, 0.25) is 0 Å². The molecule has 116 valence electrons. The van der Waals surface area contributed by atoms with Gasteiger partial charge in [0.2, 0.25) is 10.0 Å². The van der Waals surface area contributed by atoms with E-state index >= 15 is 0 Å². The van der Waals surface area contributed by atoms with Crippen LogP contribution in [0.5, 0.6) is 0 Å². The van der Waals surface area contributed by atoms with Crippen molar-refractivity contribution in [3.63, 3.8) is 0 Å². The molecule has 2 rings (SSSR count). The number of hydrogen-bond acceptors (Lipinski definition) is 5. The molecule has 1 heterocycles. The van der Waals surface area contributed by atoms with Crippen molar-refractivity contribution in [1.29, 1.82) is 0 Å². The zero-order valence-corrected chi connectivity index (χ0v) is 13.0. The highest BCUT2D eigenvalue weighted by atomic mass is 32.2. The van der Waals surface area contributed by atoms with Crippen LogP contribution >= 0.6 is 0 Å². The summed E-state index contributed by atoms with van der Waals surface area (Å²) in [5.41, 5.74) is 6.31. The Morgan fingerprint density at radius 2 is 1.77 bits per heavy atom. The van der Waals surface area contributed by atoms with Crippen LogP contribution in [-0.4, -0.2) is 37.7 Å². The van der Waals surface area contributed by atoms with Crippen LogP contribution in [0, 0.1) is 0 Å². The van der Waals surface area contributed by atoms with E-state index in [0.717, 1.165) is 4.31 Å². The number of rotatable bonds is 4. The van der Waals surface area contributed by atoms with E-state index in [2.05, 4.69) is 10.3 Å². The molecule has 0 aliphatic carbocycles. The first-order chi connectivity index (χ1) is 10.3. The Bertz CT molecular complexity index is 769. The van der Waals surface area contributed by atoms with Crippen LogP contribution < -0.4 is 11.1 Å². The number of nitrogens with two attached hydrogens (primary N) is 1. The molecule has 1 amide bonds. The second-order valence-electron chi connectivity index (χ2n) is 4.74. The number of carbonyl (C=O) groups excluding carboxylic acids is 1. The Hall–Kier alpha value is -2.45. The van der Waals surface area contributed by atoms with E-state index < -0.39 is 10.0 Å². The molecule has 0 saturated heterocycles. The molecule has 22 heavy (non-hydrogen) atoms. The largest absolute Gasteiger partial charge is 0.384 e. The number of carbonyl (C=O) groups is 1. The fourth-order valence-electron chi connectivity index (χ4n) is 1.67. The van der Waals surface area contributed by atoms with E-state index in [9.17, 15) is 13.2 Å². The number of anilines is 2. The first-order valence-corrected chi connectivity index (χ1v) is 7.80. The standard InChI is InChI=1S/C14H16N4O3S/c1-18(2)22(20,21)12-6-3-10(4-7-12)14(19)17-11-5-8-13(15)16-9-11/h3-9H,1-2H3,(H2,15,16)(H,17,19). The Morgan fingerprint density at radius 3 is 2.27 bits per heavy atom. The number of nitrogens with zero attached hydrogens (tertiary/aromatic N) is 2. The van der Waals surface area contributed by atoms with Crippen molar-refractivity contribution in [1.82, 2.24) is 9.29 Å². The third-order valence-electron chi connectivity index (χ3n) is 2.94. The van der Waals surface area contributed by atoms with E-state index in [1.54, 1.807) is 12.1 Å². The molecule has 0 spiro atoms. The minimum Gasteiger partial charge on any atom is -0.384 e. The first kappa shape index (κ1) is 15.9. The van der Waals surface area contributed by atoms with Gasteiger partial charge in [0.1, 0.15) is 5.82 Å². The Kier molecular flexibility index (Phi) is 4.43. The molecule has 1 aromatic carbocycles. The Labute approximate surface area is 128 Å². The molecular weight excluding hydrogens is 304 g/mol. The van der Waals surface area contributed by atoms with E-state index in [4.69, 9.17) is 5.73 Å². The fraction of sp³-hybridized carbons (Fsp3) is 0.143. The van der Waals surface area contributed by atoms with Crippen molar-refractivity contribution >= 4 is 27.4 Å². The van der Waals surface area contributed by atoms with E-state index in [1.165, 1.54) is 44.6 Å². The van der Waals surface area contributed by atoms with Gasteiger partial charge in [-0.3, -0.25) is 4.79 Å². The summed E-state index contributed by atoms with van der Waals surface area (Å²) in [5.74, 6) is -0.00313. The number of nitrogen functional groups attached to an aromatic ring is 1. The number of hydrogen-bond donors (Lipinski definition) is 2. The zero-order valence-electron chi connectivity index (χ0n) is 12.1. The van der Waals surface area contributed by atoms with Gasteiger partial charge in [0, 0.05) is 19.7 Å². The lowest BCUT2D eigenvalue weighted by atomic mass is 10.2. The summed E-state index contributed by atoms with van der Waals surface area (Å²) in [6.45, 7) is 0. The molecule has 8 heteroatoms. The van der Waals surface area contributed by atoms with Gasteiger partial charge in [0.15, 0.2) is 0 Å². The van der Waals surface area contributed by atoms with Crippen molar-refractivity contribution in [2.24, 2.45) is 0 Å². The second kappa shape index (κ2) is 6.12. The number of pyridine rings is 1. The van der Waals surface area contributed by atoms with Crippen LogP contribution in [0.1, 0.15) is 10.4 Å². The van der Waals surface area contributed by atoms with Gasteiger partial charge in [-0.15, -0.1) is 0 Å². The number of sulfonamides is 1. The first-order valence-electron chi connectivity index (χ1n) is 6.36. The molecule has 0 aliphatic heterocycles. The highest BCUT2D eigenvalue weighted by Crippen LogP contribution is 2.15. The van der Waals surface area contributed by atoms with Crippen molar-refractivity contribution in [3.05, 3.63) is 48.2 Å². The van der Waals surface area contributed by atoms with E-state index in [1.807, 2.05) is 0 Å². The lowest BCUT2D eigenvalue weighted by Gasteiger charge is -2.11. The average Bonchev–Trinajstić information content (AvgIpc) is 2.49. The molecular formula is C14H16N4O3S. The van der Waals surface area contributed by atoms with Gasteiger partial charge in [-0.2, -0.15) is 0 Å². The summed E-state index contributed by atoms with van der Waals surface area (Å²) in [6.07, 6.45) is 1.44. The van der Waals surface area contributed by atoms with Gasteiger partial charge in [-0.1, -0.05) is 0 Å². The molecule has 0 unspecified atom stereocenters. The van der Waals surface area contributed by atoms with Crippen molar-refractivity contribution in [2.45, 2.75) is 4.90 Å². The molecule has 2 aromatic rings. The molecule has 0 fully saturated rings. The summed E-state index contributed by atoms with van der Waals surface area (Å²) in [5, 5.41) is 2.65. The number of benzene rings is 1. The van der Waals surface area contributed by atoms with Gasteiger partial charge in [-0.25, -0.2) is 17.7 Å². The van der Waals surface area contributed by atoms with Gasteiger partial charge in [0.25, 0.3) is 5.91 Å². The number of aromatic nitrogens is 1. The Balaban J connectivity index is 2.16. The maximum absolute atomic E-state index is 12.1. The van der Waals surface area contributed by atoms with Crippen LogP contribution in [0.3, 0.4) is 0 Å². The molecule has 7 nitrogen and oxygen atoms in total. The van der Waals surface area contributed by atoms with Crippen LogP contribution in [0.15, 0.2) is 47.5 Å². The highest BCUT2D eigenvalue weighted by molar-refractivity contribution is 7.89. The Morgan fingerprint density at radius 1 is 1.14 bits per heavy atom. The molecule has 3 N–H and O–H groups in total. The lowest BCUT2D eigenvalue weighted by Crippen LogP contribution is -2.22. The minimum absolute atomic E-state index is 0.128. The van der Waals surface area contributed by atoms with Gasteiger partial charge in [0.05, 0.1) is 16.8 Å². The van der Waals surface area contributed by atoms with E-state index in [-0.39, 0.29) is 10.8 Å². The van der Waals surface area contributed by atoms with Crippen LogP contribution in [0.25, 0.3) is 0 Å². The summed E-state index contributed by atoms with van der Waals surface area (Å²) in [4.78, 5) is 16.1. The third kappa shape index (κ3) is 3.41. The maximum Gasteiger partial charge on any atom is 0.255 e. The average molecular weight is 320 g/mol. The number of amides is 1. The quantitative estimate of drug-likeness (QED) is 0.879. The molecule has 0 bridgehead atoms. The SMILES string of the molecule is CN(C)S(=O)(=O)c1ccc(C(=O)Nc2ccc(N)nc2)cc1. The molecule has 0 aliphatic rings. The van der Waals surface area contributed by atoms with Gasteiger partial charge in [-0.05, 0) is 36.4 Å². The van der Waals surface area contributed by atoms with Crippen molar-refractivity contribution in [2.75, 3.05) is 25.1 Å². The maximum atomic E-state index is 12.1. The van der Waals surface area contributed by atoms with Crippen LogP contribution in [-0.2, 0) is 10.0 Å². The highest BCUT2D eigenvalue weighted by Gasteiger charge is 2.17. The smallest absolute Gasteiger partial charge is 0.255 e. The fourth-order valence-corrected chi connectivity index (χ4v) is 2.57. The molecule has 0 radical (unpaired) electrons. The molecule has 0 atom stereocenters. The van der Waals surface area contributed by atoms with Crippen molar-refractivity contribution < 1.29 is 13.2 Å². The monoisotopic (exact) mass is 320 g/mol. The number of nitrogens with one attached hydrogen (secondary N) is 1. The topological polar surface area (TPSA) is 105 Å². The van der Waals surface area contributed by atoms with Crippen LogP contribution in [0.4, 0.5) is 11.5 Å². The lowest BCUT2D eigenvalue weighted by molar-refractivity contribution is 0.102. The minimum atomic E-state index is -3.51. The van der Waals surface area contributed by atoms with E-state index in [0.29, 0.717) is 17.1 Å². The van der Waals surface area contributed by atoms with Gasteiger partial charge < -0.3 is 11.1 Å². The van der Waals surface area contributed by atoms with Gasteiger partial charge >= 0.3 is 0 Å². The zero-order chi connectivity index (χ0) is 16.3. The third-order valence-corrected chi connectivity index (χ3v) is 4.77. The molecule has 0 saturated carbocycles. The second-order valence-corrected chi connectivity index (χ2v) is 6.89.